The summed E-state index contributed by atoms with van der Waals surface area (Å²) >= 11 is 0. The molecule has 0 aliphatic rings. The van der Waals surface area contributed by atoms with Crippen molar-refractivity contribution < 1.29 is 8.42 Å². The Bertz CT molecular complexity index is 3300. The zero-order valence-corrected chi connectivity index (χ0v) is 43.5. The molecule has 6 N–H and O–H groups in total. The lowest BCUT2D eigenvalue weighted by Crippen LogP contribution is -2.45. The molecule has 8 aromatic rings. The van der Waals surface area contributed by atoms with Crippen LogP contribution >= 0.6 is 10.7 Å². The molecule has 0 spiro atoms. The largest absolute Gasteiger partial charge is 0.340 e. The molecule has 0 fully saturated rings. The van der Waals surface area contributed by atoms with Gasteiger partial charge in [-0.05, 0) is 153 Å². The monoisotopic (exact) mass is 990 g/mol. The third-order valence-corrected chi connectivity index (χ3v) is 15.0. The van der Waals surface area contributed by atoms with E-state index in [1.54, 1.807) is 42.9 Å². The maximum atomic E-state index is 13.9. The lowest BCUT2D eigenvalue weighted by atomic mass is 10.0. The molecule has 1 unspecified atom stereocenters. The summed E-state index contributed by atoms with van der Waals surface area (Å²) < 4.78 is 38.5. The van der Waals surface area contributed by atoms with E-state index in [-0.39, 0.29) is 21.1 Å². The normalized spacial score (nSPS) is 12.5. The van der Waals surface area contributed by atoms with E-state index < -0.39 is 15.6 Å². The van der Waals surface area contributed by atoms with Crippen molar-refractivity contribution in [3.05, 3.63) is 162 Å². The molecule has 4 heterocycles. The summed E-state index contributed by atoms with van der Waals surface area (Å²) in [7, 11) is -4.16. The molecule has 16 nitrogen and oxygen atoms in total. The molecule has 0 bridgehead atoms. The van der Waals surface area contributed by atoms with E-state index in [1.807, 2.05) is 113 Å². The molecule has 0 saturated carbocycles. The van der Waals surface area contributed by atoms with Crippen molar-refractivity contribution in [1.82, 2.24) is 48.5 Å². The Morgan fingerprint density at radius 2 is 1.25 bits per heavy atom. The minimum Gasteiger partial charge on any atom is -0.340 e. The van der Waals surface area contributed by atoms with Crippen molar-refractivity contribution in [2.75, 3.05) is 21.3 Å². The van der Waals surface area contributed by atoms with Gasteiger partial charge in [-0.15, -0.1) is 0 Å². The number of aromatic nitrogens is 8. The molecule has 4 aromatic heterocycles. The Kier molecular flexibility index (Phi) is 14.8. The van der Waals surface area contributed by atoms with E-state index in [0.29, 0.717) is 35.6 Å². The Morgan fingerprint density at radius 3 is 1.83 bits per heavy atom. The van der Waals surface area contributed by atoms with Crippen molar-refractivity contribution in [2.24, 2.45) is 0 Å². The van der Waals surface area contributed by atoms with Crippen molar-refractivity contribution in [3.8, 4) is 5.69 Å². The number of sulfonamides is 1. The van der Waals surface area contributed by atoms with Crippen LogP contribution in [0.5, 0.6) is 0 Å². The standard InChI is InChI=1S/C53H62N14O2S2/c1-11-70(64-52(6,7)8)46-16-12-14-42(28-46)58-48-35(2)31-56-51(62-48)61-41-22-24-45(25-23-41)67-34-44(57-38(67)5)30-53(9,10)65-71(68,69)47-17-13-15-43(29-47)59-49-36(3)32-55-50(63-49)60-40-20-18-39(19-21-40)33-66-27-26-54-37(66)4/h11-29,31-32,34,64-65H,30,33H2,1-10H3,(H2,55,59,60,63)(H2,56,58,61,62). The second kappa shape index (κ2) is 21.0. The molecule has 4 aromatic carbocycles. The molecule has 0 aliphatic carbocycles. The van der Waals surface area contributed by atoms with E-state index in [2.05, 4.69) is 101 Å². The summed E-state index contributed by atoms with van der Waals surface area (Å²) in [5, 5.41) is 15.6. The number of anilines is 8. The maximum absolute atomic E-state index is 13.9. The number of nitrogens with one attached hydrogen (secondary N) is 6. The van der Waals surface area contributed by atoms with Crippen LogP contribution in [0.2, 0.25) is 0 Å². The van der Waals surface area contributed by atoms with Gasteiger partial charge in [0, 0.05) is 99.5 Å². The highest BCUT2D eigenvalue weighted by Gasteiger charge is 2.28. The van der Waals surface area contributed by atoms with Gasteiger partial charge in [0.1, 0.15) is 23.3 Å². The third-order valence-electron chi connectivity index (χ3n) is 11.2. The molecule has 0 radical (unpaired) electrons. The zero-order valence-electron chi connectivity index (χ0n) is 41.8. The lowest BCUT2D eigenvalue weighted by molar-refractivity contribution is 0.446. The molecule has 18 heteroatoms. The van der Waals surface area contributed by atoms with E-state index in [0.717, 1.165) is 63.3 Å². The van der Waals surface area contributed by atoms with E-state index in [1.165, 1.54) is 4.90 Å². The number of hydrogen-bond acceptors (Lipinski definition) is 13. The van der Waals surface area contributed by atoms with Crippen LogP contribution in [0.25, 0.3) is 5.69 Å². The Hall–Kier alpha value is -7.25. The highest BCUT2D eigenvalue weighted by Crippen LogP contribution is 2.31. The fourth-order valence-corrected chi connectivity index (χ4v) is 10.9. The summed E-state index contributed by atoms with van der Waals surface area (Å²) in [6, 6.07) is 31.0. The van der Waals surface area contributed by atoms with Gasteiger partial charge in [0.25, 0.3) is 0 Å². The van der Waals surface area contributed by atoms with Gasteiger partial charge in [0.05, 0.1) is 10.6 Å². The highest BCUT2D eigenvalue weighted by atomic mass is 32.2. The smallest absolute Gasteiger partial charge is 0.241 e. The van der Waals surface area contributed by atoms with Crippen LogP contribution in [0.15, 0.2) is 138 Å². The summed E-state index contributed by atoms with van der Waals surface area (Å²) in [5.41, 5.74) is 6.75. The quantitative estimate of drug-likeness (QED) is 0.0445. The first-order chi connectivity index (χ1) is 33.8. The topological polar surface area (TPSA) is 194 Å². The molecule has 368 valence electrons. The van der Waals surface area contributed by atoms with Gasteiger partial charge < -0.3 is 30.4 Å². The zero-order chi connectivity index (χ0) is 50.5. The van der Waals surface area contributed by atoms with Crippen molar-refractivity contribution in [1.29, 1.82) is 0 Å². The highest BCUT2D eigenvalue weighted by molar-refractivity contribution is 8.13. The van der Waals surface area contributed by atoms with Crippen LogP contribution in [0.4, 0.5) is 46.3 Å². The summed E-state index contributed by atoms with van der Waals surface area (Å²) in [6.07, 6.45) is 9.57. The van der Waals surface area contributed by atoms with Gasteiger partial charge in [0.15, 0.2) is 0 Å². The molecule has 0 aliphatic heterocycles. The van der Waals surface area contributed by atoms with Crippen molar-refractivity contribution in [2.45, 2.75) is 103 Å². The van der Waals surface area contributed by atoms with Crippen LogP contribution in [0, 0.1) is 27.7 Å². The van der Waals surface area contributed by atoms with Gasteiger partial charge in [-0.1, -0.05) is 34.9 Å². The second-order valence-corrected chi connectivity index (χ2v) is 22.6. The number of nitrogens with zero attached hydrogens (tertiary/aromatic N) is 8. The predicted octanol–water partition coefficient (Wildman–Crippen LogP) is 11.0. The molecular formula is C53H62N14O2S2. The predicted molar refractivity (Wildman–Crippen MR) is 289 cm³/mol. The minimum absolute atomic E-state index is 0.0252. The first-order valence-corrected chi connectivity index (χ1v) is 26.1. The molecule has 8 rings (SSSR count). The number of hydrogen-bond donors (Lipinski definition) is 6. The average molecular weight is 991 g/mol. The van der Waals surface area contributed by atoms with Gasteiger partial charge in [-0.3, -0.25) is 4.72 Å². The van der Waals surface area contributed by atoms with Gasteiger partial charge >= 0.3 is 0 Å². The fourth-order valence-electron chi connectivity index (χ4n) is 7.78. The van der Waals surface area contributed by atoms with Crippen LogP contribution < -0.4 is 30.7 Å². The number of benzene rings is 4. The fraction of sp³-hybridized carbons (Fsp3) is 0.264. The summed E-state index contributed by atoms with van der Waals surface area (Å²) in [4.78, 5) is 29.0. The number of rotatable bonds is 18. The molecule has 0 saturated heterocycles. The molecule has 0 amide bonds. The lowest BCUT2D eigenvalue weighted by Gasteiger charge is -2.25. The Labute approximate surface area is 419 Å². The van der Waals surface area contributed by atoms with Gasteiger partial charge in [-0.25, -0.2) is 33.1 Å². The summed E-state index contributed by atoms with van der Waals surface area (Å²) in [5.74, 6) is 3.85. The SMILES string of the molecule is C/C=S(\NC(C)(C)C)c1cccc(Nc2nc(Nc3ccc(-n4cc(CC(C)(C)NS(=O)(=O)c5cccc(Nc6nc(Nc7ccc(Cn8ccnc8C)cc7)ncc6C)c5)nc4C)cc3)ncc2C)c1. The summed E-state index contributed by atoms with van der Waals surface area (Å²) in [6.45, 7) is 20.8. The van der Waals surface area contributed by atoms with E-state index >= 15 is 0 Å². The number of aryl methyl sites for hydroxylation is 4. The molecular weight excluding hydrogens is 929 g/mol. The van der Waals surface area contributed by atoms with Crippen molar-refractivity contribution >= 4 is 72.3 Å². The average Bonchev–Trinajstić information content (AvgIpc) is 3.90. The van der Waals surface area contributed by atoms with Gasteiger partial charge in [-0.2, -0.15) is 9.97 Å². The molecule has 71 heavy (non-hydrogen) atoms. The Morgan fingerprint density at radius 1 is 0.662 bits per heavy atom. The molecule has 1 atom stereocenters. The second-order valence-electron chi connectivity index (χ2n) is 19.1. The number of imidazole rings is 2. The first kappa shape index (κ1) is 50.1. The van der Waals surface area contributed by atoms with E-state index in [4.69, 9.17) is 15.0 Å². The van der Waals surface area contributed by atoms with Crippen LogP contribution in [0.1, 0.15) is 75.6 Å². The van der Waals surface area contributed by atoms with Crippen molar-refractivity contribution in [3.63, 3.8) is 0 Å². The maximum Gasteiger partial charge on any atom is 0.241 e. The van der Waals surface area contributed by atoms with E-state index in [9.17, 15) is 8.42 Å². The van der Waals surface area contributed by atoms with Crippen LogP contribution in [-0.2, 0) is 23.0 Å². The minimum atomic E-state index is -3.95. The first-order valence-electron chi connectivity index (χ1n) is 23.3. The van der Waals surface area contributed by atoms with Crippen LogP contribution in [-0.4, -0.2) is 63.9 Å². The Balaban J connectivity index is 0.878. The third kappa shape index (κ3) is 13.1. The van der Waals surface area contributed by atoms with Crippen LogP contribution in [0.3, 0.4) is 0 Å². The van der Waals surface area contributed by atoms with Gasteiger partial charge in [0.2, 0.25) is 21.9 Å².